The zero-order valence-corrected chi connectivity index (χ0v) is 24.6. The first-order chi connectivity index (χ1) is 29.2. The van der Waals surface area contributed by atoms with E-state index < -0.39 is 101 Å². The molecular weight excluding hydrogens is 590 g/mol. The minimum atomic E-state index is -0.713. The Hall–Kier alpha value is -6.59. The molecule has 0 fully saturated rings. The van der Waals surface area contributed by atoms with Gasteiger partial charge in [-0.2, -0.15) is 0 Å². The van der Waals surface area contributed by atoms with Crippen LogP contribution in [0.1, 0.15) is 17.8 Å². The molecule has 0 aliphatic rings. The van der Waals surface area contributed by atoms with E-state index in [-0.39, 0.29) is 44.8 Å². The molecule has 0 saturated heterocycles. The molecule has 224 valence electrons. The third kappa shape index (κ3) is 4.22. The molecule has 3 aromatic heterocycles. The maximum Gasteiger partial charge on any atom is 0.164 e. The van der Waals surface area contributed by atoms with E-state index in [0.29, 0.717) is 27.7 Å². The molecule has 0 aliphatic carbocycles. The lowest BCUT2D eigenvalue weighted by molar-refractivity contribution is 0.668. The summed E-state index contributed by atoms with van der Waals surface area (Å²) in [6, 6.07) is 13.7. The molecular formula is C43H25N3O2. The number of rotatable bonds is 4. The highest BCUT2D eigenvalue weighted by Gasteiger charge is 2.20. The van der Waals surface area contributed by atoms with Gasteiger partial charge >= 0.3 is 0 Å². The van der Waals surface area contributed by atoms with Crippen LogP contribution in [-0.4, -0.2) is 15.0 Å². The van der Waals surface area contributed by atoms with E-state index in [2.05, 4.69) is 0 Å². The van der Waals surface area contributed by atoms with Gasteiger partial charge in [0.05, 0.1) is 17.8 Å². The fourth-order valence-corrected chi connectivity index (χ4v) is 5.93. The average molecular weight is 629 g/mol. The Morgan fingerprint density at radius 3 is 2.04 bits per heavy atom. The maximum atomic E-state index is 9.38. The number of fused-ring (bicyclic) bond motifs is 7. The summed E-state index contributed by atoms with van der Waals surface area (Å²) >= 11 is 0. The molecule has 7 aromatic carbocycles. The Morgan fingerprint density at radius 1 is 0.417 bits per heavy atom. The van der Waals surface area contributed by atoms with Crippen LogP contribution in [0.4, 0.5) is 0 Å². The first-order valence-electron chi connectivity index (χ1n) is 21.4. The summed E-state index contributed by atoms with van der Waals surface area (Å²) in [6.07, 6.45) is 0. The van der Waals surface area contributed by atoms with Crippen molar-refractivity contribution in [1.29, 1.82) is 0 Å². The molecule has 0 saturated carbocycles. The van der Waals surface area contributed by atoms with Crippen LogP contribution in [0.5, 0.6) is 0 Å². The predicted molar refractivity (Wildman–Crippen MR) is 194 cm³/mol. The zero-order chi connectivity index (χ0) is 42.9. The summed E-state index contributed by atoms with van der Waals surface area (Å²) in [5.74, 6) is 0.227. The van der Waals surface area contributed by atoms with Crippen molar-refractivity contribution in [1.82, 2.24) is 15.0 Å². The van der Waals surface area contributed by atoms with Gasteiger partial charge in [-0.15, -0.1) is 0 Å². The molecule has 0 amide bonds. The Labute approximate surface area is 293 Å². The van der Waals surface area contributed by atoms with Crippen LogP contribution in [0.2, 0.25) is 0 Å². The molecule has 5 heteroatoms. The van der Waals surface area contributed by atoms with Gasteiger partial charge in [0.2, 0.25) is 0 Å². The molecule has 10 rings (SSSR count). The molecule has 0 atom stereocenters. The SMILES string of the molecule is [2H]c1c([2H])c(-c2nc(-c3ccccc3)nc(-c3cccc4oc5ccccc5c34)n2)c2c(oc3c([2H])c(-c4c([2H])c([2H])c5c([2H])c([2H])c([2H])c([2H])c5c4[2H])c([2H])c([2H])c32)c1[2H]. The van der Waals surface area contributed by atoms with Crippen molar-refractivity contribution in [3.05, 3.63) is 151 Å². The summed E-state index contributed by atoms with van der Waals surface area (Å²) in [5.41, 5.74) is 0.498. The average Bonchev–Trinajstić information content (AvgIpc) is 3.86. The highest BCUT2D eigenvalue weighted by atomic mass is 16.3. The molecule has 0 spiro atoms. The quantitative estimate of drug-likeness (QED) is 0.194. The maximum absolute atomic E-state index is 9.38. The Kier molecular flexibility index (Phi) is 3.67. The van der Waals surface area contributed by atoms with Crippen molar-refractivity contribution in [2.75, 3.05) is 0 Å². The minimum absolute atomic E-state index is 0.103. The number of aromatic nitrogens is 3. The Balaban J connectivity index is 1.31. The van der Waals surface area contributed by atoms with Gasteiger partial charge in [0, 0.05) is 38.2 Å². The van der Waals surface area contributed by atoms with E-state index in [0.717, 1.165) is 5.39 Å². The second-order valence-electron chi connectivity index (χ2n) is 11.0. The summed E-state index contributed by atoms with van der Waals surface area (Å²) in [7, 11) is 0. The molecule has 10 aromatic rings. The molecule has 0 aliphatic heterocycles. The lowest BCUT2D eigenvalue weighted by Gasteiger charge is -2.10. The number of para-hydroxylation sites is 1. The Bertz CT molecular complexity index is 3590. The second kappa shape index (κ2) is 10.5. The minimum Gasteiger partial charge on any atom is -0.456 e. The van der Waals surface area contributed by atoms with E-state index in [1.165, 1.54) is 0 Å². The molecule has 0 unspecified atom stereocenters. The summed E-state index contributed by atoms with van der Waals surface area (Å²) in [4.78, 5) is 14.5. The second-order valence-corrected chi connectivity index (χ2v) is 11.0. The molecule has 48 heavy (non-hydrogen) atoms. The van der Waals surface area contributed by atoms with E-state index in [4.69, 9.17) is 36.1 Å². The van der Waals surface area contributed by atoms with Crippen LogP contribution in [0.15, 0.2) is 160 Å². The lowest BCUT2D eigenvalue weighted by Crippen LogP contribution is -2.00. The van der Waals surface area contributed by atoms with E-state index >= 15 is 0 Å². The van der Waals surface area contributed by atoms with E-state index in [1.54, 1.807) is 30.3 Å². The zero-order valence-electron chi connectivity index (χ0n) is 37.6. The fraction of sp³-hybridized carbons (Fsp3) is 0. The van der Waals surface area contributed by atoms with Gasteiger partial charge in [0.15, 0.2) is 17.5 Å². The summed E-state index contributed by atoms with van der Waals surface area (Å²) < 4.78 is 127. The summed E-state index contributed by atoms with van der Waals surface area (Å²) in [6.45, 7) is 0. The highest BCUT2D eigenvalue weighted by molar-refractivity contribution is 6.13. The smallest absolute Gasteiger partial charge is 0.164 e. The summed E-state index contributed by atoms with van der Waals surface area (Å²) in [5, 5.41) is 0.423. The number of hydrogen-bond acceptors (Lipinski definition) is 5. The first-order valence-corrected chi connectivity index (χ1v) is 14.9. The van der Waals surface area contributed by atoms with Gasteiger partial charge in [-0.25, -0.2) is 15.0 Å². The fourth-order valence-electron chi connectivity index (χ4n) is 5.93. The van der Waals surface area contributed by atoms with Crippen LogP contribution in [0.3, 0.4) is 0 Å². The third-order valence-electron chi connectivity index (χ3n) is 8.11. The Morgan fingerprint density at radius 2 is 1.12 bits per heavy atom. The van der Waals surface area contributed by atoms with Crippen LogP contribution in [-0.2, 0) is 0 Å². The van der Waals surface area contributed by atoms with Crippen molar-refractivity contribution in [2.45, 2.75) is 0 Å². The van der Waals surface area contributed by atoms with Gasteiger partial charge in [0.1, 0.15) is 22.3 Å². The van der Waals surface area contributed by atoms with Gasteiger partial charge in [0.25, 0.3) is 0 Å². The number of furan rings is 2. The van der Waals surface area contributed by atoms with Crippen LogP contribution >= 0.6 is 0 Å². The van der Waals surface area contributed by atoms with Crippen molar-refractivity contribution >= 4 is 54.6 Å². The van der Waals surface area contributed by atoms with Crippen LogP contribution in [0.25, 0.3) is 99.9 Å². The largest absolute Gasteiger partial charge is 0.456 e. The molecule has 0 bridgehead atoms. The molecule has 0 radical (unpaired) electrons. The normalized spacial score (nSPS) is 15.5. The lowest BCUT2D eigenvalue weighted by atomic mass is 9.99. The van der Waals surface area contributed by atoms with E-state index in [9.17, 15) is 5.48 Å². The van der Waals surface area contributed by atoms with E-state index in [1.807, 2.05) is 42.5 Å². The van der Waals surface area contributed by atoms with Gasteiger partial charge in [-0.05, 0) is 58.2 Å². The first kappa shape index (κ1) is 16.8. The van der Waals surface area contributed by atoms with Gasteiger partial charge < -0.3 is 8.83 Å². The van der Waals surface area contributed by atoms with Crippen molar-refractivity contribution in [3.8, 4) is 45.3 Å². The molecule has 5 nitrogen and oxygen atoms in total. The van der Waals surface area contributed by atoms with Crippen molar-refractivity contribution < 1.29 is 26.7 Å². The van der Waals surface area contributed by atoms with Gasteiger partial charge in [-0.3, -0.25) is 0 Å². The highest BCUT2D eigenvalue weighted by Crippen LogP contribution is 2.40. The molecule has 0 N–H and O–H groups in total. The number of benzene rings is 7. The predicted octanol–water partition coefficient (Wildman–Crippen LogP) is 11.5. The van der Waals surface area contributed by atoms with Crippen LogP contribution in [0, 0.1) is 0 Å². The standard InChI is InChI=1S/C43H25N3O2/c1-2-11-27(12-3-1)41-44-42(33-15-8-18-36-39(33)31-14-6-7-17-35(31)47-36)46-43(45-41)34-16-9-19-37-40(34)32-23-22-30(25-38(32)48-37)29-21-20-26-10-4-5-13-28(26)24-29/h1-25H/i4D,5D,9D,10D,13D,16D,19D,20D,21D,22D,23D,24D,25D. The van der Waals surface area contributed by atoms with Gasteiger partial charge in [-0.1, -0.05) is 115 Å². The third-order valence-corrected chi connectivity index (χ3v) is 8.11. The van der Waals surface area contributed by atoms with Crippen LogP contribution < -0.4 is 0 Å². The van der Waals surface area contributed by atoms with Crippen molar-refractivity contribution in [3.63, 3.8) is 0 Å². The number of nitrogens with zero attached hydrogens (tertiary/aromatic N) is 3. The topological polar surface area (TPSA) is 65.0 Å². The van der Waals surface area contributed by atoms with Crippen molar-refractivity contribution in [2.24, 2.45) is 0 Å². The number of hydrogen-bond donors (Lipinski definition) is 0. The molecule has 3 heterocycles. The monoisotopic (exact) mass is 628 g/mol.